The van der Waals surface area contributed by atoms with Gasteiger partial charge in [0.15, 0.2) is 5.78 Å². The number of halogens is 1. The van der Waals surface area contributed by atoms with Gasteiger partial charge in [-0.25, -0.2) is 0 Å². The first-order valence-electron chi connectivity index (χ1n) is 7.23. The molecule has 1 atom stereocenters. The van der Waals surface area contributed by atoms with Gasteiger partial charge in [0.25, 0.3) is 0 Å². The Morgan fingerprint density at radius 2 is 1.82 bits per heavy atom. The highest BCUT2D eigenvalue weighted by Crippen LogP contribution is 2.34. The van der Waals surface area contributed by atoms with Crippen molar-refractivity contribution in [1.29, 1.82) is 0 Å². The number of hydrogen-bond donors (Lipinski definition) is 1. The van der Waals surface area contributed by atoms with Crippen molar-refractivity contribution < 1.29 is 14.7 Å². The highest BCUT2D eigenvalue weighted by molar-refractivity contribution is 6.30. The number of carbonyl (C=O) groups is 2. The predicted molar refractivity (Wildman–Crippen MR) is 84.6 cm³/mol. The molecule has 0 aromatic heterocycles. The molecule has 0 saturated heterocycles. The molecule has 2 aromatic carbocycles. The van der Waals surface area contributed by atoms with Crippen molar-refractivity contribution in [2.45, 2.75) is 25.2 Å². The lowest BCUT2D eigenvalue weighted by Crippen LogP contribution is -2.20. The first-order chi connectivity index (χ1) is 10.6. The minimum absolute atomic E-state index is 0.0837. The van der Waals surface area contributed by atoms with Crippen LogP contribution in [0.2, 0.25) is 5.02 Å². The largest absolute Gasteiger partial charge is 0.481 e. The molecule has 3 nitrogen and oxygen atoms in total. The second-order valence-corrected chi connectivity index (χ2v) is 5.93. The van der Waals surface area contributed by atoms with Crippen LogP contribution in [0.25, 0.3) is 0 Å². The van der Waals surface area contributed by atoms with Crippen LogP contribution < -0.4 is 0 Å². The lowest BCUT2D eigenvalue weighted by molar-refractivity contribution is -0.139. The number of hydrogen-bond acceptors (Lipinski definition) is 2. The Morgan fingerprint density at radius 1 is 1.09 bits per heavy atom. The number of ketones is 1. The maximum atomic E-state index is 12.7. The summed E-state index contributed by atoms with van der Waals surface area (Å²) in [6.07, 6.45) is 2.16. The molecule has 1 N–H and O–H groups in total. The van der Waals surface area contributed by atoms with Gasteiger partial charge in [0, 0.05) is 16.1 Å². The summed E-state index contributed by atoms with van der Waals surface area (Å²) in [6, 6.07) is 12.1. The maximum absolute atomic E-state index is 12.7. The highest BCUT2D eigenvalue weighted by Gasteiger charge is 2.28. The second kappa shape index (κ2) is 5.93. The molecule has 4 heteroatoms. The van der Waals surface area contributed by atoms with E-state index in [4.69, 9.17) is 11.6 Å². The molecule has 22 heavy (non-hydrogen) atoms. The number of carboxylic acids is 1. The summed E-state index contributed by atoms with van der Waals surface area (Å²) in [5, 5.41) is 9.94. The van der Waals surface area contributed by atoms with Gasteiger partial charge in [-0.15, -0.1) is 0 Å². The fourth-order valence-corrected chi connectivity index (χ4v) is 3.20. The van der Waals surface area contributed by atoms with Crippen LogP contribution in [0.15, 0.2) is 42.5 Å². The quantitative estimate of drug-likeness (QED) is 0.869. The Hall–Kier alpha value is -2.13. The lowest BCUT2D eigenvalue weighted by Gasteiger charge is -2.24. The average molecular weight is 315 g/mol. The predicted octanol–water partition coefficient (Wildman–Crippen LogP) is 4.08. The van der Waals surface area contributed by atoms with Crippen molar-refractivity contribution in [2.24, 2.45) is 0 Å². The molecule has 1 aliphatic carbocycles. The van der Waals surface area contributed by atoms with Gasteiger partial charge in [-0.2, -0.15) is 0 Å². The van der Waals surface area contributed by atoms with Crippen LogP contribution in [0.4, 0.5) is 0 Å². The molecule has 0 radical (unpaired) electrons. The summed E-state index contributed by atoms with van der Waals surface area (Å²) < 4.78 is 0. The van der Waals surface area contributed by atoms with Crippen LogP contribution in [-0.2, 0) is 11.2 Å². The number of rotatable bonds is 3. The van der Waals surface area contributed by atoms with E-state index in [0.29, 0.717) is 22.6 Å². The molecule has 3 rings (SSSR count). The zero-order valence-corrected chi connectivity index (χ0v) is 12.6. The Kier molecular flexibility index (Phi) is 3.99. The molecule has 1 unspecified atom stereocenters. The molecular weight excluding hydrogens is 300 g/mol. The molecule has 0 heterocycles. The van der Waals surface area contributed by atoms with E-state index in [1.54, 1.807) is 36.4 Å². The van der Waals surface area contributed by atoms with Gasteiger partial charge < -0.3 is 5.11 Å². The number of benzene rings is 2. The summed E-state index contributed by atoms with van der Waals surface area (Å²) >= 11 is 5.86. The SMILES string of the molecule is O=C(c1ccc(Cl)cc1)c1cccc2c1CCCC2C(=O)O. The van der Waals surface area contributed by atoms with Crippen molar-refractivity contribution in [1.82, 2.24) is 0 Å². The zero-order valence-electron chi connectivity index (χ0n) is 11.9. The van der Waals surface area contributed by atoms with E-state index < -0.39 is 11.9 Å². The number of carbonyl (C=O) groups excluding carboxylic acids is 1. The second-order valence-electron chi connectivity index (χ2n) is 5.49. The average Bonchev–Trinajstić information content (AvgIpc) is 2.53. The maximum Gasteiger partial charge on any atom is 0.310 e. The summed E-state index contributed by atoms with van der Waals surface area (Å²) in [5.74, 6) is -1.42. The minimum Gasteiger partial charge on any atom is -0.481 e. The van der Waals surface area contributed by atoms with Crippen molar-refractivity contribution in [3.05, 3.63) is 69.7 Å². The number of aliphatic carboxylic acids is 1. The van der Waals surface area contributed by atoms with Gasteiger partial charge >= 0.3 is 5.97 Å². The third kappa shape index (κ3) is 2.64. The summed E-state index contributed by atoms with van der Waals surface area (Å²) in [6.45, 7) is 0. The van der Waals surface area contributed by atoms with Gasteiger partial charge in [-0.3, -0.25) is 9.59 Å². The fraction of sp³-hybridized carbons (Fsp3) is 0.222. The highest BCUT2D eigenvalue weighted by atomic mass is 35.5. The van der Waals surface area contributed by atoms with E-state index in [2.05, 4.69) is 0 Å². The Balaban J connectivity index is 2.05. The molecule has 2 aromatic rings. The molecule has 112 valence electrons. The first kappa shape index (κ1) is 14.8. The van der Waals surface area contributed by atoms with Crippen molar-refractivity contribution in [3.63, 3.8) is 0 Å². The van der Waals surface area contributed by atoms with Crippen LogP contribution in [0, 0.1) is 0 Å². The van der Waals surface area contributed by atoms with Crippen molar-refractivity contribution in [2.75, 3.05) is 0 Å². The van der Waals surface area contributed by atoms with Crippen molar-refractivity contribution >= 4 is 23.4 Å². The van der Waals surface area contributed by atoms with Crippen molar-refractivity contribution in [3.8, 4) is 0 Å². The number of fused-ring (bicyclic) bond motifs is 1. The van der Waals surface area contributed by atoms with E-state index in [-0.39, 0.29) is 5.78 Å². The molecule has 0 spiro atoms. The van der Waals surface area contributed by atoms with Gasteiger partial charge in [0.05, 0.1) is 5.92 Å². The Bertz CT molecular complexity index is 734. The van der Waals surface area contributed by atoms with Crippen LogP contribution in [0.3, 0.4) is 0 Å². The van der Waals surface area contributed by atoms with Gasteiger partial charge in [0.2, 0.25) is 0 Å². The summed E-state index contributed by atoms with van der Waals surface area (Å²) in [5.41, 5.74) is 2.82. The minimum atomic E-state index is -0.822. The standard InChI is InChI=1S/C18H15ClO3/c19-12-9-7-11(8-10-12)17(20)15-5-1-4-14-13(15)3-2-6-16(14)18(21)22/h1,4-5,7-10,16H,2-3,6H2,(H,21,22). The van der Waals surface area contributed by atoms with E-state index in [1.807, 2.05) is 6.07 Å². The van der Waals surface area contributed by atoms with E-state index in [9.17, 15) is 14.7 Å². The number of carboxylic acid groups (broad SMARTS) is 1. The van der Waals surface area contributed by atoms with Crippen LogP contribution in [-0.4, -0.2) is 16.9 Å². The molecular formula is C18H15ClO3. The normalized spacial score (nSPS) is 16.9. The molecule has 1 aliphatic rings. The lowest BCUT2D eigenvalue weighted by atomic mass is 9.79. The fourth-order valence-electron chi connectivity index (χ4n) is 3.07. The third-order valence-corrected chi connectivity index (χ3v) is 4.41. The third-order valence-electron chi connectivity index (χ3n) is 4.16. The van der Waals surface area contributed by atoms with Gasteiger partial charge in [-0.1, -0.05) is 29.8 Å². The topological polar surface area (TPSA) is 54.4 Å². The summed E-state index contributed by atoms with van der Waals surface area (Å²) in [7, 11) is 0. The van der Waals surface area contributed by atoms with E-state index >= 15 is 0 Å². The van der Waals surface area contributed by atoms with E-state index in [0.717, 1.165) is 24.0 Å². The van der Waals surface area contributed by atoms with Crippen LogP contribution in [0.1, 0.15) is 45.8 Å². The molecule has 0 fully saturated rings. The Morgan fingerprint density at radius 3 is 2.50 bits per heavy atom. The Labute approximate surface area is 133 Å². The first-order valence-corrected chi connectivity index (χ1v) is 7.60. The zero-order chi connectivity index (χ0) is 15.7. The molecule has 0 aliphatic heterocycles. The molecule has 0 bridgehead atoms. The van der Waals surface area contributed by atoms with Gasteiger partial charge in [-0.05, 0) is 54.7 Å². The molecule has 0 amide bonds. The van der Waals surface area contributed by atoms with Crippen LogP contribution in [0.5, 0.6) is 0 Å². The smallest absolute Gasteiger partial charge is 0.310 e. The van der Waals surface area contributed by atoms with Gasteiger partial charge in [0.1, 0.15) is 0 Å². The summed E-state index contributed by atoms with van der Waals surface area (Å²) in [4.78, 5) is 24.1. The van der Waals surface area contributed by atoms with Crippen LogP contribution >= 0.6 is 11.6 Å². The monoisotopic (exact) mass is 314 g/mol. The van der Waals surface area contributed by atoms with E-state index in [1.165, 1.54) is 0 Å². The molecule has 0 saturated carbocycles.